The largest absolute Gasteiger partial charge is 0.457 e. The molecule has 5 heteroatoms. The average Bonchev–Trinajstić information content (AvgIpc) is 2.63. The third-order valence-corrected chi connectivity index (χ3v) is 4.34. The summed E-state index contributed by atoms with van der Waals surface area (Å²) in [5.74, 6) is 1.73. The molecule has 1 saturated heterocycles. The smallest absolute Gasteiger partial charge is 0.222 e. The number of carbonyl (C=O) groups excluding carboxylic acids is 1. The molecule has 3 rings (SSSR count). The fourth-order valence-corrected chi connectivity index (χ4v) is 2.88. The number of ether oxygens (including phenoxy) is 1. The molecule has 1 amide bonds. The molecule has 1 N–H and O–H groups in total. The lowest BCUT2D eigenvalue weighted by Gasteiger charge is -2.27. The Morgan fingerprint density at radius 3 is 2.54 bits per heavy atom. The van der Waals surface area contributed by atoms with Crippen molar-refractivity contribution in [2.45, 2.75) is 12.8 Å². The summed E-state index contributed by atoms with van der Waals surface area (Å²) < 4.78 is 5.95. The highest BCUT2D eigenvalue weighted by atomic mass is 35.5. The molecule has 0 spiro atoms. The van der Waals surface area contributed by atoms with E-state index < -0.39 is 0 Å². The van der Waals surface area contributed by atoms with E-state index in [9.17, 15) is 4.79 Å². The molecule has 4 nitrogen and oxygen atoms in total. The number of halogens is 1. The number of nitrogens with zero attached hydrogens (tertiary/aromatic N) is 1. The van der Waals surface area contributed by atoms with Gasteiger partial charge in [-0.25, -0.2) is 0 Å². The average molecular weight is 345 g/mol. The molecule has 0 radical (unpaired) electrons. The van der Waals surface area contributed by atoms with E-state index in [0.29, 0.717) is 17.9 Å². The molecule has 0 bridgehead atoms. The molecule has 126 valence electrons. The number of nitrogens with one attached hydrogen (secondary N) is 1. The third-order valence-electron chi connectivity index (χ3n) is 4.09. The van der Waals surface area contributed by atoms with Gasteiger partial charge < -0.3 is 15.0 Å². The molecule has 1 aliphatic heterocycles. The molecule has 2 aromatic rings. The standard InChI is InChI=1S/C19H21ClN2O2/c20-16-6-8-17(9-7-16)24-18-4-2-1-3-15(18)5-10-19(23)22-13-11-21-12-14-22/h1-4,6-9,21H,5,10-14H2. The molecule has 0 atom stereocenters. The Morgan fingerprint density at radius 1 is 1.08 bits per heavy atom. The Morgan fingerprint density at radius 2 is 1.79 bits per heavy atom. The summed E-state index contributed by atoms with van der Waals surface area (Å²) in [5.41, 5.74) is 1.04. The Bertz CT molecular complexity index is 682. The number of rotatable bonds is 5. The van der Waals surface area contributed by atoms with Crippen LogP contribution in [0.5, 0.6) is 11.5 Å². The summed E-state index contributed by atoms with van der Waals surface area (Å²) in [6, 6.07) is 15.1. The molecule has 0 aromatic heterocycles. The topological polar surface area (TPSA) is 41.6 Å². The van der Waals surface area contributed by atoms with Crippen LogP contribution in [-0.2, 0) is 11.2 Å². The first kappa shape index (κ1) is 16.8. The van der Waals surface area contributed by atoms with Crippen molar-refractivity contribution < 1.29 is 9.53 Å². The number of benzene rings is 2. The van der Waals surface area contributed by atoms with Crippen molar-refractivity contribution in [1.29, 1.82) is 0 Å². The zero-order valence-corrected chi connectivity index (χ0v) is 14.3. The van der Waals surface area contributed by atoms with Gasteiger partial charge in [0.25, 0.3) is 0 Å². The minimum atomic E-state index is 0.206. The Balaban J connectivity index is 1.63. The van der Waals surface area contributed by atoms with E-state index in [1.807, 2.05) is 41.3 Å². The van der Waals surface area contributed by atoms with Gasteiger partial charge in [-0.05, 0) is 42.3 Å². The van der Waals surface area contributed by atoms with Crippen LogP contribution in [0, 0.1) is 0 Å². The van der Waals surface area contributed by atoms with E-state index in [2.05, 4.69) is 5.32 Å². The van der Waals surface area contributed by atoms with Crippen LogP contribution >= 0.6 is 11.6 Å². The maximum absolute atomic E-state index is 12.3. The number of para-hydroxylation sites is 1. The van der Waals surface area contributed by atoms with Gasteiger partial charge in [0.1, 0.15) is 11.5 Å². The summed E-state index contributed by atoms with van der Waals surface area (Å²) in [4.78, 5) is 14.3. The summed E-state index contributed by atoms with van der Waals surface area (Å²) in [6.07, 6.45) is 1.17. The summed E-state index contributed by atoms with van der Waals surface area (Å²) in [7, 11) is 0. The minimum absolute atomic E-state index is 0.206. The fraction of sp³-hybridized carbons (Fsp3) is 0.316. The van der Waals surface area contributed by atoms with E-state index >= 15 is 0 Å². The molecular formula is C19H21ClN2O2. The van der Waals surface area contributed by atoms with Gasteiger partial charge >= 0.3 is 0 Å². The Labute approximate surface area is 147 Å². The van der Waals surface area contributed by atoms with Crippen LogP contribution in [0.25, 0.3) is 0 Å². The Hall–Kier alpha value is -2.04. The minimum Gasteiger partial charge on any atom is -0.457 e. The van der Waals surface area contributed by atoms with Gasteiger partial charge in [0.05, 0.1) is 0 Å². The zero-order chi connectivity index (χ0) is 16.8. The van der Waals surface area contributed by atoms with Gasteiger partial charge in [-0.2, -0.15) is 0 Å². The van der Waals surface area contributed by atoms with Crippen LogP contribution in [0.1, 0.15) is 12.0 Å². The molecule has 1 fully saturated rings. The fourth-order valence-electron chi connectivity index (χ4n) is 2.75. The first-order valence-electron chi connectivity index (χ1n) is 8.22. The molecular weight excluding hydrogens is 324 g/mol. The summed E-state index contributed by atoms with van der Waals surface area (Å²) in [5, 5.41) is 3.94. The lowest BCUT2D eigenvalue weighted by Crippen LogP contribution is -2.46. The molecule has 2 aromatic carbocycles. The summed E-state index contributed by atoms with van der Waals surface area (Å²) >= 11 is 5.90. The van der Waals surface area contributed by atoms with E-state index in [-0.39, 0.29) is 5.91 Å². The van der Waals surface area contributed by atoms with E-state index in [0.717, 1.165) is 43.2 Å². The van der Waals surface area contributed by atoms with Gasteiger partial charge in [0.15, 0.2) is 0 Å². The van der Waals surface area contributed by atoms with Crippen LogP contribution in [0.2, 0.25) is 5.02 Å². The van der Waals surface area contributed by atoms with Crippen molar-refractivity contribution in [2.75, 3.05) is 26.2 Å². The number of aryl methyl sites for hydroxylation is 1. The van der Waals surface area contributed by atoms with Crippen molar-refractivity contribution in [2.24, 2.45) is 0 Å². The highest BCUT2D eigenvalue weighted by Crippen LogP contribution is 2.27. The molecule has 24 heavy (non-hydrogen) atoms. The van der Waals surface area contributed by atoms with Crippen LogP contribution in [0.15, 0.2) is 48.5 Å². The van der Waals surface area contributed by atoms with E-state index in [1.54, 1.807) is 12.1 Å². The van der Waals surface area contributed by atoms with Crippen LogP contribution < -0.4 is 10.1 Å². The van der Waals surface area contributed by atoms with Crippen molar-refractivity contribution in [3.63, 3.8) is 0 Å². The van der Waals surface area contributed by atoms with E-state index in [4.69, 9.17) is 16.3 Å². The van der Waals surface area contributed by atoms with Crippen molar-refractivity contribution >= 4 is 17.5 Å². The Kier molecular flexibility index (Phi) is 5.72. The first-order chi connectivity index (χ1) is 11.7. The third kappa shape index (κ3) is 4.49. The second-order valence-corrected chi connectivity index (χ2v) is 6.23. The zero-order valence-electron chi connectivity index (χ0n) is 13.5. The lowest BCUT2D eigenvalue weighted by molar-refractivity contribution is -0.131. The van der Waals surface area contributed by atoms with Gasteiger partial charge in [-0.3, -0.25) is 4.79 Å². The lowest BCUT2D eigenvalue weighted by atomic mass is 10.1. The molecule has 0 unspecified atom stereocenters. The predicted octanol–water partition coefficient (Wildman–Crippen LogP) is 3.50. The monoisotopic (exact) mass is 344 g/mol. The number of piperazine rings is 1. The van der Waals surface area contributed by atoms with Crippen LogP contribution in [0.3, 0.4) is 0 Å². The quantitative estimate of drug-likeness (QED) is 0.902. The van der Waals surface area contributed by atoms with Crippen LogP contribution in [-0.4, -0.2) is 37.0 Å². The number of hydrogen-bond acceptors (Lipinski definition) is 3. The second kappa shape index (κ2) is 8.18. The first-order valence-corrected chi connectivity index (χ1v) is 8.60. The van der Waals surface area contributed by atoms with E-state index in [1.165, 1.54) is 0 Å². The second-order valence-electron chi connectivity index (χ2n) is 5.79. The highest BCUT2D eigenvalue weighted by Gasteiger charge is 2.16. The normalized spacial score (nSPS) is 14.5. The van der Waals surface area contributed by atoms with Crippen molar-refractivity contribution in [3.8, 4) is 11.5 Å². The van der Waals surface area contributed by atoms with Crippen molar-refractivity contribution in [3.05, 3.63) is 59.1 Å². The molecule has 1 aliphatic rings. The molecule has 1 heterocycles. The molecule has 0 aliphatic carbocycles. The van der Waals surface area contributed by atoms with Gasteiger partial charge in [0, 0.05) is 37.6 Å². The number of carbonyl (C=O) groups is 1. The maximum Gasteiger partial charge on any atom is 0.222 e. The number of hydrogen-bond donors (Lipinski definition) is 1. The molecule has 0 saturated carbocycles. The predicted molar refractivity (Wildman–Crippen MR) is 95.7 cm³/mol. The summed E-state index contributed by atoms with van der Waals surface area (Å²) in [6.45, 7) is 3.34. The van der Waals surface area contributed by atoms with Gasteiger partial charge in [0.2, 0.25) is 5.91 Å². The maximum atomic E-state index is 12.3. The SMILES string of the molecule is O=C(CCc1ccccc1Oc1ccc(Cl)cc1)N1CCNCC1. The highest BCUT2D eigenvalue weighted by molar-refractivity contribution is 6.30. The van der Waals surface area contributed by atoms with Gasteiger partial charge in [-0.15, -0.1) is 0 Å². The van der Waals surface area contributed by atoms with Gasteiger partial charge in [-0.1, -0.05) is 29.8 Å². The number of amides is 1. The van der Waals surface area contributed by atoms with Crippen LogP contribution in [0.4, 0.5) is 0 Å². The van der Waals surface area contributed by atoms with Crippen molar-refractivity contribution in [1.82, 2.24) is 10.2 Å².